The summed E-state index contributed by atoms with van der Waals surface area (Å²) in [4.78, 5) is 15.1. The molecule has 2 heterocycles. The van der Waals surface area contributed by atoms with E-state index in [1.54, 1.807) is 12.1 Å². The molecule has 6 nitrogen and oxygen atoms in total. The van der Waals surface area contributed by atoms with E-state index < -0.39 is 15.9 Å². The molecule has 0 unspecified atom stereocenters. The largest absolute Gasteiger partial charge is 0.365 e. The molecule has 100 valence electrons. The van der Waals surface area contributed by atoms with E-state index in [0.717, 1.165) is 16.9 Å². The van der Waals surface area contributed by atoms with Gasteiger partial charge in [-0.05, 0) is 30.7 Å². The summed E-state index contributed by atoms with van der Waals surface area (Å²) in [5.74, 6) is -0.424. The average Bonchev–Trinajstić information content (AvgIpc) is 2.78. The topological polar surface area (TPSA) is 102 Å². The van der Waals surface area contributed by atoms with Gasteiger partial charge in [-0.2, -0.15) is 0 Å². The number of aryl methyl sites for hydroxylation is 1. The van der Waals surface area contributed by atoms with Crippen molar-refractivity contribution in [3.63, 3.8) is 0 Å². The predicted octanol–water partition coefficient (Wildman–Crippen LogP) is 1.35. The van der Waals surface area contributed by atoms with E-state index in [1.165, 1.54) is 17.6 Å². The summed E-state index contributed by atoms with van der Waals surface area (Å²) < 4.78 is 26.4. The van der Waals surface area contributed by atoms with Crippen molar-refractivity contribution < 1.29 is 13.2 Å². The second kappa shape index (κ2) is 4.98. The molecule has 0 atom stereocenters. The van der Waals surface area contributed by atoms with E-state index in [1.807, 2.05) is 6.92 Å². The second-order valence-electron chi connectivity index (χ2n) is 3.83. The molecule has 19 heavy (non-hydrogen) atoms. The Morgan fingerprint density at radius 1 is 1.42 bits per heavy atom. The Hall–Kier alpha value is -1.93. The highest BCUT2D eigenvalue weighted by Gasteiger charge is 2.18. The number of sulfonamides is 1. The van der Waals surface area contributed by atoms with Gasteiger partial charge >= 0.3 is 0 Å². The van der Waals surface area contributed by atoms with Crippen LogP contribution in [0.25, 0.3) is 0 Å². The number of rotatable bonds is 4. The highest BCUT2D eigenvalue weighted by atomic mass is 32.2. The van der Waals surface area contributed by atoms with Gasteiger partial charge in [0.2, 0.25) is 0 Å². The van der Waals surface area contributed by atoms with Crippen molar-refractivity contribution in [2.45, 2.75) is 11.8 Å². The van der Waals surface area contributed by atoms with Crippen molar-refractivity contribution in [3.8, 4) is 0 Å². The Morgan fingerprint density at radius 3 is 2.74 bits per heavy atom. The molecule has 0 saturated heterocycles. The number of carbonyl (C=O) groups excluding carboxylic acids is 1. The highest BCUT2D eigenvalue weighted by Crippen LogP contribution is 2.21. The normalized spacial score (nSPS) is 11.2. The number of pyridine rings is 1. The number of nitrogens with one attached hydrogen (secondary N) is 1. The van der Waals surface area contributed by atoms with Crippen molar-refractivity contribution in [2.24, 2.45) is 5.73 Å². The minimum Gasteiger partial charge on any atom is -0.365 e. The van der Waals surface area contributed by atoms with E-state index in [9.17, 15) is 13.2 Å². The van der Waals surface area contributed by atoms with Crippen molar-refractivity contribution >= 4 is 33.1 Å². The lowest BCUT2D eigenvalue weighted by molar-refractivity contribution is 0.100. The first-order chi connectivity index (χ1) is 8.88. The number of hydrogen-bond acceptors (Lipinski definition) is 5. The zero-order chi connectivity index (χ0) is 14.0. The van der Waals surface area contributed by atoms with Crippen LogP contribution in [-0.2, 0) is 10.0 Å². The standard InChI is InChI=1S/C11H11N3O3S2/c1-7-2-3-13-10(4-7)14-19(16,17)8-5-9(11(12)15)18-6-8/h2-6H,1H3,(H2,12,15)(H,13,14). The highest BCUT2D eigenvalue weighted by molar-refractivity contribution is 7.92. The Morgan fingerprint density at radius 2 is 2.16 bits per heavy atom. The number of carbonyl (C=O) groups is 1. The molecule has 0 spiro atoms. The molecule has 3 N–H and O–H groups in total. The van der Waals surface area contributed by atoms with Crippen molar-refractivity contribution in [2.75, 3.05) is 4.72 Å². The molecule has 0 saturated carbocycles. The third-order valence-electron chi connectivity index (χ3n) is 2.28. The third-order valence-corrected chi connectivity index (χ3v) is 4.71. The van der Waals surface area contributed by atoms with Gasteiger partial charge in [0.1, 0.15) is 5.82 Å². The van der Waals surface area contributed by atoms with Gasteiger partial charge in [-0.1, -0.05) is 0 Å². The molecule has 0 fully saturated rings. The SMILES string of the molecule is Cc1ccnc(NS(=O)(=O)c2csc(C(N)=O)c2)c1. The molecule has 0 aliphatic rings. The van der Waals surface area contributed by atoms with E-state index in [0.29, 0.717) is 0 Å². The van der Waals surface area contributed by atoms with E-state index in [-0.39, 0.29) is 15.6 Å². The molecule has 2 aromatic heterocycles. The third kappa shape index (κ3) is 3.09. The summed E-state index contributed by atoms with van der Waals surface area (Å²) in [6.45, 7) is 1.83. The molecule has 0 radical (unpaired) electrons. The zero-order valence-electron chi connectivity index (χ0n) is 9.95. The van der Waals surface area contributed by atoms with Crippen LogP contribution in [0.2, 0.25) is 0 Å². The predicted molar refractivity (Wildman–Crippen MR) is 72.6 cm³/mol. The summed E-state index contributed by atoms with van der Waals surface area (Å²) in [7, 11) is -3.75. The lowest BCUT2D eigenvalue weighted by Crippen LogP contribution is -2.13. The summed E-state index contributed by atoms with van der Waals surface area (Å²) in [5.41, 5.74) is 5.97. The molecular formula is C11H11N3O3S2. The van der Waals surface area contributed by atoms with Gasteiger partial charge in [0.05, 0.1) is 9.77 Å². The van der Waals surface area contributed by atoms with Crippen LogP contribution in [0.3, 0.4) is 0 Å². The summed E-state index contributed by atoms with van der Waals surface area (Å²) in [6.07, 6.45) is 1.51. The van der Waals surface area contributed by atoms with Crippen LogP contribution in [0.15, 0.2) is 34.7 Å². The van der Waals surface area contributed by atoms with Crippen LogP contribution in [0.1, 0.15) is 15.2 Å². The number of nitrogens with two attached hydrogens (primary N) is 1. The van der Waals surface area contributed by atoms with Crippen LogP contribution < -0.4 is 10.5 Å². The lowest BCUT2D eigenvalue weighted by Gasteiger charge is -2.05. The van der Waals surface area contributed by atoms with Gasteiger partial charge < -0.3 is 5.73 Å². The number of amides is 1. The minimum atomic E-state index is -3.75. The number of anilines is 1. The quantitative estimate of drug-likeness (QED) is 0.889. The smallest absolute Gasteiger partial charge is 0.263 e. The zero-order valence-corrected chi connectivity index (χ0v) is 11.6. The van der Waals surface area contributed by atoms with Crippen LogP contribution in [0, 0.1) is 6.92 Å². The maximum Gasteiger partial charge on any atom is 0.263 e. The van der Waals surface area contributed by atoms with E-state index >= 15 is 0 Å². The first-order valence-electron chi connectivity index (χ1n) is 5.22. The Kier molecular flexibility index (Phi) is 3.54. The van der Waals surface area contributed by atoms with Crippen LogP contribution in [-0.4, -0.2) is 19.3 Å². The van der Waals surface area contributed by atoms with E-state index in [2.05, 4.69) is 9.71 Å². The van der Waals surface area contributed by atoms with Gasteiger partial charge in [-0.3, -0.25) is 9.52 Å². The second-order valence-corrected chi connectivity index (χ2v) is 6.43. The van der Waals surface area contributed by atoms with Gasteiger partial charge in [-0.25, -0.2) is 13.4 Å². The average molecular weight is 297 g/mol. The maximum absolute atomic E-state index is 12.1. The fourth-order valence-electron chi connectivity index (χ4n) is 1.38. The monoisotopic (exact) mass is 297 g/mol. The van der Waals surface area contributed by atoms with Gasteiger partial charge in [0, 0.05) is 11.6 Å². The fraction of sp³-hybridized carbons (Fsp3) is 0.0909. The molecule has 0 aliphatic carbocycles. The Bertz CT molecular complexity index is 722. The molecule has 2 rings (SSSR count). The number of primary amides is 1. The summed E-state index contributed by atoms with van der Waals surface area (Å²) in [5, 5.41) is 1.36. The van der Waals surface area contributed by atoms with Crippen LogP contribution in [0.4, 0.5) is 5.82 Å². The number of nitrogens with zero attached hydrogens (tertiary/aromatic N) is 1. The van der Waals surface area contributed by atoms with Gasteiger partial charge in [0.25, 0.3) is 15.9 Å². The lowest BCUT2D eigenvalue weighted by atomic mass is 10.3. The summed E-state index contributed by atoms with van der Waals surface area (Å²) in [6, 6.07) is 4.61. The fourth-order valence-corrected chi connectivity index (χ4v) is 3.50. The van der Waals surface area contributed by atoms with Gasteiger partial charge in [-0.15, -0.1) is 11.3 Å². The Balaban J connectivity index is 2.29. The minimum absolute atomic E-state index is 0.00499. The molecule has 0 aromatic carbocycles. The number of hydrogen-bond donors (Lipinski definition) is 2. The van der Waals surface area contributed by atoms with Gasteiger partial charge in [0.15, 0.2) is 0 Å². The first-order valence-corrected chi connectivity index (χ1v) is 7.58. The van der Waals surface area contributed by atoms with Crippen molar-refractivity contribution in [3.05, 3.63) is 40.2 Å². The van der Waals surface area contributed by atoms with Crippen molar-refractivity contribution in [1.82, 2.24) is 4.98 Å². The van der Waals surface area contributed by atoms with Crippen LogP contribution in [0.5, 0.6) is 0 Å². The first kappa shape index (κ1) is 13.5. The molecule has 0 bridgehead atoms. The molecule has 2 aromatic rings. The maximum atomic E-state index is 12.1. The molecule has 1 amide bonds. The van der Waals surface area contributed by atoms with Crippen molar-refractivity contribution in [1.29, 1.82) is 0 Å². The Labute approximate surface area is 114 Å². The van der Waals surface area contributed by atoms with E-state index in [4.69, 9.17) is 5.73 Å². The number of thiophene rings is 1. The van der Waals surface area contributed by atoms with Crippen LogP contribution >= 0.6 is 11.3 Å². The molecule has 8 heteroatoms. The number of aromatic nitrogens is 1. The molecular weight excluding hydrogens is 286 g/mol. The molecule has 0 aliphatic heterocycles. The summed E-state index contributed by atoms with van der Waals surface area (Å²) >= 11 is 0.984.